The summed E-state index contributed by atoms with van der Waals surface area (Å²) in [6.45, 7) is 0.448. The van der Waals surface area contributed by atoms with Crippen molar-refractivity contribution in [2.75, 3.05) is 26.3 Å². The highest BCUT2D eigenvalue weighted by molar-refractivity contribution is 6.42. The molecule has 1 N–H and O–H groups in total. The molecule has 0 radical (unpaired) electrons. The Balaban J connectivity index is 1.72. The molecule has 1 aliphatic carbocycles. The van der Waals surface area contributed by atoms with Crippen molar-refractivity contribution in [1.29, 1.82) is 0 Å². The molecular weight excluding hydrogens is 326 g/mol. The molecule has 21 heavy (non-hydrogen) atoms. The highest BCUT2D eigenvalue weighted by Crippen LogP contribution is 2.62. The van der Waals surface area contributed by atoms with Crippen LogP contribution >= 0.6 is 23.2 Å². The zero-order valence-electron chi connectivity index (χ0n) is 11.0. The lowest BCUT2D eigenvalue weighted by Crippen LogP contribution is -2.26. The molecule has 2 fully saturated rings. The first-order chi connectivity index (χ1) is 9.84. The molecule has 1 saturated carbocycles. The molecule has 0 aromatic heterocycles. The number of ether oxygens (including phenoxy) is 1. The number of piperidine rings is 1. The first kappa shape index (κ1) is 15.4. The van der Waals surface area contributed by atoms with Gasteiger partial charge in [-0.2, -0.15) is 13.2 Å². The van der Waals surface area contributed by atoms with Gasteiger partial charge in [0.2, 0.25) is 0 Å². The van der Waals surface area contributed by atoms with E-state index in [9.17, 15) is 13.2 Å². The van der Waals surface area contributed by atoms with Crippen molar-refractivity contribution in [3.05, 3.63) is 33.8 Å². The average Bonchev–Trinajstić information content (AvgIpc) is 2.80. The van der Waals surface area contributed by atoms with Crippen LogP contribution in [0.2, 0.25) is 10.0 Å². The Kier molecular flexibility index (Phi) is 3.89. The van der Waals surface area contributed by atoms with E-state index in [0.717, 1.165) is 18.7 Å². The molecular formula is C14H14Cl2F3NO. The van der Waals surface area contributed by atoms with Gasteiger partial charge < -0.3 is 10.1 Å². The first-order valence-electron chi connectivity index (χ1n) is 6.65. The SMILES string of the molecule is FC(F)(F)COCC1C2CNCC21c1ccc(Cl)c(Cl)c1. The summed E-state index contributed by atoms with van der Waals surface area (Å²) < 4.78 is 41.3. The van der Waals surface area contributed by atoms with Crippen molar-refractivity contribution in [2.45, 2.75) is 11.6 Å². The molecule has 1 aromatic carbocycles. The van der Waals surface area contributed by atoms with Gasteiger partial charge >= 0.3 is 6.18 Å². The summed E-state index contributed by atoms with van der Waals surface area (Å²) in [7, 11) is 0. The van der Waals surface area contributed by atoms with Gasteiger partial charge in [0.1, 0.15) is 6.61 Å². The summed E-state index contributed by atoms with van der Waals surface area (Å²) >= 11 is 12.0. The van der Waals surface area contributed by atoms with E-state index in [2.05, 4.69) is 5.32 Å². The van der Waals surface area contributed by atoms with Crippen LogP contribution in [0.15, 0.2) is 18.2 Å². The molecule has 2 aliphatic rings. The Morgan fingerprint density at radius 3 is 2.71 bits per heavy atom. The van der Waals surface area contributed by atoms with Crippen molar-refractivity contribution < 1.29 is 17.9 Å². The largest absolute Gasteiger partial charge is 0.411 e. The number of benzene rings is 1. The van der Waals surface area contributed by atoms with Crippen LogP contribution in [0.3, 0.4) is 0 Å². The average molecular weight is 340 g/mol. The van der Waals surface area contributed by atoms with Gasteiger partial charge in [0.05, 0.1) is 16.7 Å². The second-order valence-corrected chi connectivity index (χ2v) is 6.46. The number of nitrogens with one attached hydrogen (secondary N) is 1. The van der Waals surface area contributed by atoms with Crippen LogP contribution in [-0.4, -0.2) is 32.5 Å². The molecule has 3 atom stereocenters. The molecule has 1 heterocycles. The third-order valence-electron chi connectivity index (χ3n) is 4.50. The number of hydrogen-bond acceptors (Lipinski definition) is 2. The fraction of sp³-hybridized carbons (Fsp3) is 0.571. The third-order valence-corrected chi connectivity index (χ3v) is 5.24. The first-order valence-corrected chi connectivity index (χ1v) is 7.41. The topological polar surface area (TPSA) is 21.3 Å². The highest BCUT2D eigenvalue weighted by Gasteiger charge is 2.67. The normalized spacial score (nSPS) is 31.3. The Labute approximate surface area is 130 Å². The molecule has 116 valence electrons. The van der Waals surface area contributed by atoms with Crippen LogP contribution in [-0.2, 0) is 10.2 Å². The van der Waals surface area contributed by atoms with E-state index in [1.807, 2.05) is 12.1 Å². The van der Waals surface area contributed by atoms with Gasteiger partial charge in [0.15, 0.2) is 0 Å². The predicted octanol–water partition coefficient (Wildman–Crippen LogP) is 3.66. The number of alkyl halides is 3. The zero-order valence-corrected chi connectivity index (χ0v) is 12.5. The summed E-state index contributed by atoms with van der Waals surface area (Å²) in [5.41, 5.74) is 0.854. The van der Waals surface area contributed by atoms with Gasteiger partial charge in [-0.25, -0.2) is 0 Å². The van der Waals surface area contributed by atoms with E-state index in [-0.39, 0.29) is 17.9 Å². The molecule has 0 amide bonds. The van der Waals surface area contributed by atoms with Crippen molar-refractivity contribution in [2.24, 2.45) is 11.8 Å². The third kappa shape index (κ3) is 2.77. The molecule has 2 nitrogen and oxygen atoms in total. The molecule has 3 rings (SSSR count). The van der Waals surface area contributed by atoms with Crippen molar-refractivity contribution in [3.63, 3.8) is 0 Å². The van der Waals surface area contributed by atoms with Crippen molar-refractivity contribution >= 4 is 23.2 Å². The van der Waals surface area contributed by atoms with Gasteiger partial charge in [-0.05, 0) is 36.1 Å². The van der Waals surface area contributed by atoms with Crippen molar-refractivity contribution in [3.8, 4) is 0 Å². The standard InChI is InChI=1S/C14H14Cl2F3NO/c15-11-2-1-8(3-12(11)16)13-6-20-4-9(13)10(13)5-21-7-14(17,18)19/h1-3,9-10,20H,4-7H2. The summed E-state index contributed by atoms with van der Waals surface area (Å²) in [6.07, 6.45) is -4.28. The quantitative estimate of drug-likeness (QED) is 0.903. The second kappa shape index (κ2) is 5.30. The smallest absolute Gasteiger partial charge is 0.372 e. The molecule has 0 spiro atoms. The van der Waals surface area contributed by atoms with Gasteiger partial charge in [-0.15, -0.1) is 0 Å². The van der Waals surface area contributed by atoms with E-state index in [1.165, 1.54) is 0 Å². The molecule has 3 unspecified atom stereocenters. The van der Waals surface area contributed by atoms with Gasteiger partial charge in [-0.3, -0.25) is 0 Å². The van der Waals surface area contributed by atoms with Gasteiger partial charge in [-0.1, -0.05) is 29.3 Å². The fourth-order valence-electron chi connectivity index (χ4n) is 3.51. The molecule has 7 heteroatoms. The van der Waals surface area contributed by atoms with E-state index >= 15 is 0 Å². The number of rotatable bonds is 4. The minimum Gasteiger partial charge on any atom is -0.372 e. The van der Waals surface area contributed by atoms with E-state index in [0.29, 0.717) is 16.0 Å². The second-order valence-electron chi connectivity index (χ2n) is 5.64. The molecule has 1 aromatic rings. The van der Waals surface area contributed by atoms with E-state index in [4.69, 9.17) is 27.9 Å². The van der Waals surface area contributed by atoms with Crippen LogP contribution in [0.25, 0.3) is 0 Å². The maximum atomic E-state index is 12.2. The van der Waals surface area contributed by atoms with E-state index < -0.39 is 12.8 Å². The number of fused-ring (bicyclic) bond motifs is 1. The van der Waals surface area contributed by atoms with Crippen LogP contribution in [0.1, 0.15) is 5.56 Å². The molecule has 1 aliphatic heterocycles. The molecule has 0 bridgehead atoms. The summed E-state index contributed by atoms with van der Waals surface area (Å²) in [4.78, 5) is 0. The summed E-state index contributed by atoms with van der Waals surface area (Å²) in [5, 5.41) is 4.22. The lowest BCUT2D eigenvalue weighted by atomic mass is 9.93. The van der Waals surface area contributed by atoms with Crippen LogP contribution in [0.5, 0.6) is 0 Å². The van der Waals surface area contributed by atoms with Gasteiger partial charge in [0, 0.05) is 12.0 Å². The molecule has 1 saturated heterocycles. The number of halogens is 5. The minimum absolute atomic E-state index is 0.0957. The Bertz CT molecular complexity index is 552. The monoisotopic (exact) mass is 339 g/mol. The maximum Gasteiger partial charge on any atom is 0.411 e. The maximum absolute atomic E-state index is 12.2. The van der Waals surface area contributed by atoms with Crippen LogP contribution in [0, 0.1) is 11.8 Å². The lowest BCUT2D eigenvalue weighted by Gasteiger charge is -2.17. The Morgan fingerprint density at radius 1 is 1.29 bits per heavy atom. The van der Waals surface area contributed by atoms with Gasteiger partial charge in [0.25, 0.3) is 0 Å². The van der Waals surface area contributed by atoms with Crippen LogP contribution < -0.4 is 5.32 Å². The Morgan fingerprint density at radius 2 is 2.05 bits per heavy atom. The zero-order chi connectivity index (χ0) is 15.3. The Hall–Kier alpha value is -0.490. The predicted molar refractivity (Wildman–Crippen MR) is 74.9 cm³/mol. The lowest BCUT2D eigenvalue weighted by molar-refractivity contribution is -0.175. The van der Waals surface area contributed by atoms with Crippen LogP contribution in [0.4, 0.5) is 13.2 Å². The summed E-state index contributed by atoms with van der Waals surface area (Å²) in [6, 6.07) is 5.45. The minimum atomic E-state index is -4.28. The number of hydrogen-bond donors (Lipinski definition) is 1. The summed E-state index contributed by atoms with van der Waals surface area (Å²) in [5.74, 6) is 0.390. The highest BCUT2D eigenvalue weighted by atomic mass is 35.5. The van der Waals surface area contributed by atoms with E-state index in [1.54, 1.807) is 6.07 Å². The van der Waals surface area contributed by atoms with Crippen molar-refractivity contribution in [1.82, 2.24) is 5.32 Å². The fourth-order valence-corrected chi connectivity index (χ4v) is 3.81.